The fourth-order valence-corrected chi connectivity index (χ4v) is 8.34. The molecule has 0 radical (unpaired) electrons. The number of anilines is 1. The van der Waals surface area contributed by atoms with Crippen molar-refractivity contribution in [3.05, 3.63) is 70.3 Å². The summed E-state index contributed by atoms with van der Waals surface area (Å²) in [6.07, 6.45) is 10.1. The van der Waals surface area contributed by atoms with Crippen molar-refractivity contribution >= 4 is 39.8 Å². The summed E-state index contributed by atoms with van der Waals surface area (Å²) in [7, 11) is 1.29. The fourth-order valence-electron chi connectivity index (χ4n) is 7.04. The zero-order valence-corrected chi connectivity index (χ0v) is 29.4. The van der Waals surface area contributed by atoms with Crippen LogP contribution in [0.3, 0.4) is 0 Å². The van der Waals surface area contributed by atoms with E-state index in [2.05, 4.69) is 38.1 Å². The van der Waals surface area contributed by atoms with Gasteiger partial charge in [0.2, 0.25) is 0 Å². The summed E-state index contributed by atoms with van der Waals surface area (Å²) in [5, 5.41) is 5.54. The van der Waals surface area contributed by atoms with Crippen molar-refractivity contribution in [3.8, 4) is 5.75 Å². The number of urea groups is 1. The molecule has 48 heavy (non-hydrogen) atoms. The maximum atomic E-state index is 13.8. The first-order valence-electron chi connectivity index (χ1n) is 17.0. The molecule has 2 heterocycles. The number of carbonyl (C=O) groups is 2. The quantitative estimate of drug-likeness (QED) is 0.281. The molecule has 0 aromatic heterocycles. The van der Waals surface area contributed by atoms with Gasteiger partial charge in [0.25, 0.3) is 5.91 Å². The maximum Gasteiger partial charge on any atom is 0.313 e. The molecule has 4 aliphatic rings. The minimum Gasteiger partial charge on any atom is -0.491 e. The number of methoxy groups -OCH3 is 2. The Morgan fingerprint density at radius 2 is 1.94 bits per heavy atom. The van der Waals surface area contributed by atoms with Crippen LogP contribution in [0.15, 0.2) is 52.9 Å². The third-order valence-corrected chi connectivity index (χ3v) is 11.8. The van der Waals surface area contributed by atoms with E-state index in [9.17, 15) is 13.8 Å². The average Bonchev–Trinajstić information content (AvgIpc) is 3.82. The van der Waals surface area contributed by atoms with Crippen LogP contribution in [0.5, 0.6) is 5.75 Å². The Morgan fingerprint density at radius 1 is 1.08 bits per heavy atom. The molecule has 6 rings (SSSR count). The SMILES string of the molecule is CO[C@H]1/C=C/C[C@H](C)C(NC(=O)N[C@H]2C[C@H]2OC)[S-](=O)=NC(=O)c2ccc3c(c2)N(Cc2ccc(Cl)cc2CCCCO3)C[C@@H]2CC[C@H]21. The standard InChI is InChI=1S/C36H46ClN4O6S/c1-22-7-6-9-31(45-2)28-14-11-26(28)21-41-20-25-10-13-27(37)17-23(25)8-4-5-16-47-32-15-12-24(18-30(32)41)34(42)40-48(44)35(22)39-36(43)38-29-19-33(29)46-3/h6,9-10,12-13,15,17-18,22,26,28-29,31,33,35H,4-5,7-8,11,14,16,19-21H2,1-3H3,(H2,38,39,43)/q-1/b9-6+/t22-,26-,28+,29-,31-,33+,35?/m0/s1. The molecule has 0 saturated heterocycles. The largest absolute Gasteiger partial charge is 0.491 e. The minimum absolute atomic E-state index is 0.0310. The molecule has 7 atom stereocenters. The van der Waals surface area contributed by atoms with Gasteiger partial charge in [0, 0.05) is 37.9 Å². The second-order valence-corrected chi connectivity index (χ2v) is 15.1. The van der Waals surface area contributed by atoms with E-state index in [0.29, 0.717) is 42.7 Å². The van der Waals surface area contributed by atoms with Gasteiger partial charge in [-0.25, -0.2) is 4.79 Å². The number of benzene rings is 2. The number of hydrogen-bond acceptors (Lipinski definition) is 8. The second kappa shape index (κ2) is 15.6. The molecule has 1 unspecified atom stereocenters. The van der Waals surface area contributed by atoms with Crippen LogP contribution in [0.25, 0.3) is 0 Å². The van der Waals surface area contributed by atoms with Gasteiger partial charge in [0.05, 0.1) is 30.5 Å². The van der Waals surface area contributed by atoms with Crippen LogP contribution >= 0.6 is 11.6 Å². The number of halogens is 1. The number of hydrogen-bond donors (Lipinski definition) is 2. The summed E-state index contributed by atoms with van der Waals surface area (Å²) in [5.74, 6) is 0.468. The van der Waals surface area contributed by atoms with Crippen LogP contribution in [-0.4, -0.2) is 62.9 Å². The van der Waals surface area contributed by atoms with Gasteiger partial charge in [-0.2, -0.15) is 10.6 Å². The van der Waals surface area contributed by atoms with Gasteiger partial charge in [0.15, 0.2) is 0 Å². The molecule has 2 saturated carbocycles. The van der Waals surface area contributed by atoms with E-state index in [0.717, 1.165) is 55.8 Å². The summed E-state index contributed by atoms with van der Waals surface area (Å²) in [5.41, 5.74) is 3.51. The van der Waals surface area contributed by atoms with Crippen LogP contribution < -0.4 is 20.3 Å². The lowest BCUT2D eigenvalue weighted by Gasteiger charge is -2.43. The Morgan fingerprint density at radius 3 is 2.69 bits per heavy atom. The first-order valence-corrected chi connectivity index (χ1v) is 18.5. The molecule has 2 aromatic rings. The molecule has 12 heteroatoms. The molecule has 0 spiro atoms. The third-order valence-electron chi connectivity index (χ3n) is 10.2. The highest BCUT2D eigenvalue weighted by Gasteiger charge is 2.39. The van der Waals surface area contributed by atoms with Crippen molar-refractivity contribution in [2.24, 2.45) is 22.1 Å². The van der Waals surface area contributed by atoms with Crippen molar-refractivity contribution in [1.82, 2.24) is 10.6 Å². The van der Waals surface area contributed by atoms with E-state index in [4.69, 9.17) is 25.8 Å². The van der Waals surface area contributed by atoms with Crippen molar-refractivity contribution in [1.29, 1.82) is 0 Å². The van der Waals surface area contributed by atoms with Crippen molar-refractivity contribution < 1.29 is 28.0 Å². The number of nitrogens with one attached hydrogen (secondary N) is 2. The molecule has 2 aromatic carbocycles. The number of aryl methyl sites for hydroxylation is 1. The number of rotatable bonds is 4. The number of amides is 3. The highest BCUT2D eigenvalue weighted by atomic mass is 35.5. The molecular formula is C36H46ClN4O6S-. The van der Waals surface area contributed by atoms with E-state index >= 15 is 0 Å². The number of carbonyl (C=O) groups excluding carboxylic acids is 2. The average molecular weight is 698 g/mol. The molecule has 2 N–H and O–H groups in total. The number of ether oxygens (including phenoxy) is 3. The highest BCUT2D eigenvalue weighted by Crippen LogP contribution is 2.42. The zero-order chi connectivity index (χ0) is 33.8. The van der Waals surface area contributed by atoms with E-state index in [1.807, 2.05) is 31.2 Å². The molecule has 3 amide bonds. The topological polar surface area (TPSA) is 119 Å². The number of nitrogens with zero attached hydrogens (tertiary/aromatic N) is 2. The summed E-state index contributed by atoms with van der Waals surface area (Å²) < 4.78 is 35.6. The smallest absolute Gasteiger partial charge is 0.313 e. The van der Waals surface area contributed by atoms with Gasteiger partial charge in [-0.1, -0.05) is 36.7 Å². The van der Waals surface area contributed by atoms with Gasteiger partial charge >= 0.3 is 6.03 Å². The molecule has 2 aliphatic carbocycles. The summed E-state index contributed by atoms with van der Waals surface area (Å²) in [4.78, 5) is 28.9. The Bertz CT molecular complexity index is 1610. The Balaban J connectivity index is 1.38. The minimum atomic E-state index is -2.06. The van der Waals surface area contributed by atoms with E-state index < -0.39 is 27.9 Å². The Hall–Kier alpha value is -3.12. The lowest BCUT2D eigenvalue weighted by atomic mass is 9.70. The van der Waals surface area contributed by atoms with Gasteiger partial charge in [-0.15, -0.1) is 0 Å². The fraction of sp³-hybridized carbons (Fsp3) is 0.556. The van der Waals surface area contributed by atoms with Crippen LogP contribution in [-0.2, 0) is 37.2 Å². The number of fused-ring (bicyclic) bond motifs is 3. The lowest BCUT2D eigenvalue weighted by Crippen LogP contribution is -2.47. The van der Waals surface area contributed by atoms with Crippen LogP contribution in [0.1, 0.15) is 66.9 Å². The van der Waals surface area contributed by atoms with Gasteiger partial charge in [-0.3, -0.25) is 4.79 Å². The van der Waals surface area contributed by atoms with E-state index in [-0.39, 0.29) is 24.2 Å². The molecule has 2 bridgehead atoms. The second-order valence-electron chi connectivity index (χ2n) is 13.5. The Kier molecular flexibility index (Phi) is 11.3. The van der Waals surface area contributed by atoms with Crippen molar-refractivity contribution in [3.63, 3.8) is 0 Å². The normalized spacial score (nSPS) is 30.2. The summed E-state index contributed by atoms with van der Waals surface area (Å²) in [6, 6.07) is 10.9. The predicted molar refractivity (Wildman–Crippen MR) is 187 cm³/mol. The molecule has 2 fully saturated rings. The highest BCUT2D eigenvalue weighted by molar-refractivity contribution is 7.75. The predicted octanol–water partition coefficient (Wildman–Crippen LogP) is 6.40. The van der Waals surface area contributed by atoms with Crippen LogP contribution in [0.2, 0.25) is 5.02 Å². The zero-order valence-electron chi connectivity index (χ0n) is 27.9. The van der Waals surface area contributed by atoms with Crippen molar-refractivity contribution in [2.75, 3.05) is 32.3 Å². The van der Waals surface area contributed by atoms with E-state index in [1.165, 1.54) is 11.1 Å². The first kappa shape index (κ1) is 34.7. The summed E-state index contributed by atoms with van der Waals surface area (Å²) >= 11 is 6.44. The monoisotopic (exact) mass is 697 g/mol. The molecular weight excluding hydrogens is 652 g/mol. The van der Waals surface area contributed by atoms with Gasteiger partial charge in [0.1, 0.15) is 5.75 Å². The maximum absolute atomic E-state index is 13.8. The molecule has 260 valence electrons. The van der Waals surface area contributed by atoms with Crippen molar-refractivity contribution in [2.45, 2.75) is 82.0 Å². The third kappa shape index (κ3) is 8.18. The number of allylic oxidation sites excluding steroid dienone is 1. The summed E-state index contributed by atoms with van der Waals surface area (Å²) in [6.45, 7) is 3.81. The molecule has 10 nitrogen and oxygen atoms in total. The van der Waals surface area contributed by atoms with Gasteiger partial charge in [-0.05, 0) is 110 Å². The van der Waals surface area contributed by atoms with E-state index in [1.54, 1.807) is 20.3 Å². The lowest BCUT2D eigenvalue weighted by molar-refractivity contribution is 0.0133. The van der Waals surface area contributed by atoms with Gasteiger partial charge < -0.3 is 38.3 Å². The molecule has 2 aliphatic heterocycles. The first-order chi connectivity index (χ1) is 23.2. The Labute approximate surface area is 290 Å². The van der Waals surface area contributed by atoms with Crippen LogP contribution in [0, 0.1) is 17.8 Å². The van der Waals surface area contributed by atoms with Crippen LogP contribution in [0.4, 0.5) is 10.5 Å².